The smallest absolute Gasteiger partial charge is 0.351 e. The van der Waals surface area contributed by atoms with Gasteiger partial charge in [0.25, 0.3) is 0 Å². The Labute approximate surface area is 152 Å². The molecule has 0 aliphatic carbocycles. The molecule has 0 N–H and O–H groups in total. The predicted octanol–water partition coefficient (Wildman–Crippen LogP) is 3.33. The van der Waals surface area contributed by atoms with E-state index in [9.17, 15) is 10.1 Å². The largest absolute Gasteiger partial charge is 0.353 e. The van der Waals surface area contributed by atoms with Crippen molar-refractivity contribution in [3.8, 4) is 0 Å². The van der Waals surface area contributed by atoms with E-state index in [1.807, 2.05) is 17.0 Å². The molecular formula is C19H23N5O2. The molecule has 1 aromatic carbocycles. The van der Waals surface area contributed by atoms with Gasteiger partial charge in [-0.3, -0.25) is 10.1 Å². The summed E-state index contributed by atoms with van der Waals surface area (Å²) >= 11 is 0. The molecule has 0 saturated carbocycles. The first-order chi connectivity index (χ1) is 12.7. The van der Waals surface area contributed by atoms with Gasteiger partial charge in [0.1, 0.15) is 6.33 Å². The SMILES string of the molecule is O=[N+]([O-])c1c(N2CCCCCC2)ncnc1N1CCc2ccccc2C1. The van der Waals surface area contributed by atoms with Crippen molar-refractivity contribution in [1.82, 2.24) is 9.97 Å². The third kappa shape index (κ3) is 3.21. The molecule has 1 saturated heterocycles. The first-order valence-electron chi connectivity index (χ1n) is 9.30. The van der Waals surface area contributed by atoms with E-state index in [0.717, 1.165) is 38.9 Å². The number of fused-ring (bicyclic) bond motifs is 1. The highest BCUT2D eigenvalue weighted by Gasteiger charge is 2.31. The van der Waals surface area contributed by atoms with Crippen LogP contribution in [-0.4, -0.2) is 34.5 Å². The van der Waals surface area contributed by atoms with E-state index in [4.69, 9.17) is 0 Å². The van der Waals surface area contributed by atoms with Gasteiger partial charge < -0.3 is 9.80 Å². The summed E-state index contributed by atoms with van der Waals surface area (Å²) in [6.45, 7) is 3.02. The summed E-state index contributed by atoms with van der Waals surface area (Å²) < 4.78 is 0. The van der Waals surface area contributed by atoms with E-state index in [-0.39, 0.29) is 10.6 Å². The molecule has 0 bridgehead atoms. The van der Waals surface area contributed by atoms with Crippen molar-refractivity contribution in [3.63, 3.8) is 0 Å². The first-order valence-corrected chi connectivity index (χ1v) is 9.30. The lowest BCUT2D eigenvalue weighted by atomic mass is 10.00. The fraction of sp³-hybridized carbons (Fsp3) is 0.474. The second-order valence-corrected chi connectivity index (χ2v) is 6.97. The minimum absolute atomic E-state index is 0.0498. The molecule has 1 fully saturated rings. The van der Waals surface area contributed by atoms with E-state index in [1.54, 1.807) is 0 Å². The minimum Gasteiger partial charge on any atom is -0.351 e. The van der Waals surface area contributed by atoms with Gasteiger partial charge in [0, 0.05) is 26.2 Å². The van der Waals surface area contributed by atoms with Crippen LogP contribution in [0, 0.1) is 10.1 Å². The van der Waals surface area contributed by atoms with Crippen molar-refractivity contribution in [2.45, 2.75) is 38.6 Å². The lowest BCUT2D eigenvalue weighted by Gasteiger charge is -2.30. The van der Waals surface area contributed by atoms with Crippen molar-refractivity contribution < 1.29 is 4.92 Å². The Kier molecular flexibility index (Phi) is 4.69. The molecule has 4 rings (SSSR count). The normalized spacial score (nSPS) is 17.5. The molecule has 2 aliphatic heterocycles. The summed E-state index contributed by atoms with van der Waals surface area (Å²) in [6, 6.07) is 8.27. The number of nitrogens with zero attached hydrogens (tertiary/aromatic N) is 5. The van der Waals surface area contributed by atoms with Gasteiger partial charge in [-0.2, -0.15) is 0 Å². The Morgan fingerprint density at radius 3 is 2.23 bits per heavy atom. The zero-order valence-electron chi connectivity index (χ0n) is 14.8. The average Bonchev–Trinajstić information content (AvgIpc) is 2.96. The first kappa shape index (κ1) is 16.8. The highest BCUT2D eigenvalue weighted by Crippen LogP contribution is 2.37. The van der Waals surface area contributed by atoms with Crippen LogP contribution in [0.15, 0.2) is 30.6 Å². The van der Waals surface area contributed by atoms with E-state index < -0.39 is 0 Å². The Balaban J connectivity index is 1.70. The molecule has 0 radical (unpaired) electrons. The van der Waals surface area contributed by atoms with Gasteiger partial charge in [-0.15, -0.1) is 0 Å². The summed E-state index contributed by atoms with van der Waals surface area (Å²) in [6.07, 6.45) is 6.79. The molecular weight excluding hydrogens is 330 g/mol. The number of rotatable bonds is 3. The summed E-state index contributed by atoms with van der Waals surface area (Å²) in [5.41, 5.74) is 2.57. The maximum Gasteiger partial charge on any atom is 0.353 e. The standard InChI is InChI=1S/C19H23N5O2/c25-24(26)17-18(22-10-5-1-2-6-11-22)20-14-21-19(17)23-12-9-15-7-3-4-8-16(15)13-23/h3-4,7-8,14H,1-2,5-6,9-13H2. The third-order valence-corrected chi connectivity index (χ3v) is 5.30. The molecule has 0 spiro atoms. The van der Waals surface area contributed by atoms with Crippen LogP contribution in [0.4, 0.5) is 17.3 Å². The van der Waals surface area contributed by atoms with Gasteiger partial charge in [-0.25, -0.2) is 9.97 Å². The molecule has 2 aliphatic rings. The van der Waals surface area contributed by atoms with Crippen LogP contribution in [-0.2, 0) is 13.0 Å². The summed E-state index contributed by atoms with van der Waals surface area (Å²) in [5, 5.41) is 11.9. The summed E-state index contributed by atoms with van der Waals surface area (Å²) in [7, 11) is 0. The highest BCUT2D eigenvalue weighted by molar-refractivity contribution is 5.71. The third-order valence-electron chi connectivity index (χ3n) is 5.30. The molecule has 1 aromatic heterocycles. The zero-order chi connectivity index (χ0) is 17.9. The van der Waals surface area contributed by atoms with Crippen LogP contribution >= 0.6 is 0 Å². The quantitative estimate of drug-likeness (QED) is 0.622. The van der Waals surface area contributed by atoms with E-state index in [2.05, 4.69) is 27.0 Å². The van der Waals surface area contributed by atoms with Gasteiger partial charge in [-0.1, -0.05) is 37.1 Å². The molecule has 0 amide bonds. The Morgan fingerprint density at radius 2 is 1.54 bits per heavy atom. The molecule has 3 heterocycles. The number of benzene rings is 1. The second-order valence-electron chi connectivity index (χ2n) is 6.97. The van der Waals surface area contributed by atoms with Gasteiger partial charge in [0.2, 0.25) is 11.6 Å². The lowest BCUT2D eigenvalue weighted by Crippen LogP contribution is -2.33. The van der Waals surface area contributed by atoms with E-state index in [1.165, 1.54) is 30.3 Å². The topological polar surface area (TPSA) is 75.4 Å². The van der Waals surface area contributed by atoms with Crippen LogP contribution in [0.5, 0.6) is 0 Å². The molecule has 7 nitrogen and oxygen atoms in total. The highest BCUT2D eigenvalue weighted by atomic mass is 16.6. The van der Waals surface area contributed by atoms with Gasteiger partial charge >= 0.3 is 5.69 Å². The zero-order valence-corrected chi connectivity index (χ0v) is 14.8. The second kappa shape index (κ2) is 7.27. The number of aromatic nitrogens is 2. The van der Waals surface area contributed by atoms with Gasteiger partial charge in [0.15, 0.2) is 0 Å². The number of hydrogen-bond donors (Lipinski definition) is 0. The molecule has 2 aromatic rings. The van der Waals surface area contributed by atoms with Crippen LogP contribution in [0.25, 0.3) is 0 Å². The van der Waals surface area contributed by atoms with E-state index >= 15 is 0 Å². The number of anilines is 2. The monoisotopic (exact) mass is 353 g/mol. The Bertz CT molecular complexity index is 802. The fourth-order valence-corrected chi connectivity index (χ4v) is 3.95. The van der Waals surface area contributed by atoms with Crippen molar-refractivity contribution in [3.05, 3.63) is 51.8 Å². The Hall–Kier alpha value is -2.70. The molecule has 0 unspecified atom stereocenters. The van der Waals surface area contributed by atoms with Crippen LogP contribution < -0.4 is 9.80 Å². The number of hydrogen-bond acceptors (Lipinski definition) is 6. The molecule has 136 valence electrons. The van der Waals surface area contributed by atoms with Crippen molar-refractivity contribution in [2.75, 3.05) is 29.4 Å². The van der Waals surface area contributed by atoms with Gasteiger partial charge in [0.05, 0.1) is 4.92 Å². The predicted molar refractivity (Wildman–Crippen MR) is 101 cm³/mol. The van der Waals surface area contributed by atoms with Crippen LogP contribution in [0.3, 0.4) is 0 Å². The minimum atomic E-state index is -0.309. The van der Waals surface area contributed by atoms with Gasteiger partial charge in [-0.05, 0) is 30.4 Å². The van der Waals surface area contributed by atoms with Crippen molar-refractivity contribution >= 4 is 17.3 Å². The maximum atomic E-state index is 11.9. The molecule has 26 heavy (non-hydrogen) atoms. The van der Waals surface area contributed by atoms with Crippen molar-refractivity contribution in [1.29, 1.82) is 0 Å². The number of nitro groups is 1. The molecule has 7 heteroatoms. The Morgan fingerprint density at radius 1 is 0.885 bits per heavy atom. The van der Waals surface area contributed by atoms with Crippen LogP contribution in [0.2, 0.25) is 0 Å². The fourth-order valence-electron chi connectivity index (χ4n) is 3.95. The maximum absolute atomic E-state index is 11.9. The van der Waals surface area contributed by atoms with Crippen LogP contribution in [0.1, 0.15) is 36.8 Å². The average molecular weight is 353 g/mol. The summed E-state index contributed by atoms with van der Waals surface area (Å²) in [5.74, 6) is 0.916. The van der Waals surface area contributed by atoms with E-state index in [0.29, 0.717) is 18.2 Å². The molecule has 0 atom stereocenters. The summed E-state index contributed by atoms with van der Waals surface area (Å²) in [4.78, 5) is 24.3. The lowest BCUT2D eigenvalue weighted by molar-refractivity contribution is -0.383. The van der Waals surface area contributed by atoms with Crippen molar-refractivity contribution in [2.24, 2.45) is 0 Å².